The molecule has 0 spiro atoms. The number of methoxy groups -OCH3 is 1. The standard InChI is InChI=1S/C23H28FN3O6S/c1-14(2)21-19(11-10-17(28)12-18(29)13-20(30)33-4)22(15-6-8-16(24)9-7-15)26-23(25-21)27(3)34(5,31)32/h6-11,14,18,29H,12-13H2,1-5H3/b11-10+. The van der Waals surface area contributed by atoms with Gasteiger partial charge >= 0.3 is 5.97 Å². The predicted octanol–water partition coefficient (Wildman–Crippen LogP) is 2.70. The monoisotopic (exact) mass is 493 g/mol. The Labute approximate surface area is 198 Å². The number of benzene rings is 1. The summed E-state index contributed by atoms with van der Waals surface area (Å²) in [6.45, 7) is 3.69. The van der Waals surface area contributed by atoms with Crippen LogP contribution in [0.5, 0.6) is 0 Å². The van der Waals surface area contributed by atoms with E-state index in [9.17, 15) is 27.5 Å². The number of carbonyl (C=O) groups is 2. The highest BCUT2D eigenvalue weighted by atomic mass is 32.2. The van der Waals surface area contributed by atoms with Gasteiger partial charge in [0.15, 0.2) is 5.78 Å². The number of halogens is 1. The second-order valence-electron chi connectivity index (χ2n) is 8.00. The van der Waals surface area contributed by atoms with Crippen LogP contribution in [0.2, 0.25) is 0 Å². The van der Waals surface area contributed by atoms with Gasteiger partial charge in [-0.15, -0.1) is 0 Å². The molecule has 0 fully saturated rings. The minimum absolute atomic E-state index is 0.0671. The van der Waals surface area contributed by atoms with E-state index in [0.717, 1.165) is 10.6 Å². The Morgan fingerprint density at radius 1 is 1.18 bits per heavy atom. The number of allylic oxidation sites excluding steroid dienone is 1. The molecule has 9 nitrogen and oxygen atoms in total. The van der Waals surface area contributed by atoms with Crippen molar-refractivity contribution in [2.75, 3.05) is 24.7 Å². The van der Waals surface area contributed by atoms with Crippen LogP contribution in [-0.2, 0) is 24.3 Å². The van der Waals surface area contributed by atoms with Gasteiger partial charge in [0.25, 0.3) is 0 Å². The maximum Gasteiger partial charge on any atom is 0.308 e. The number of nitrogens with zero attached hydrogens (tertiary/aromatic N) is 3. The summed E-state index contributed by atoms with van der Waals surface area (Å²) in [4.78, 5) is 32.5. The van der Waals surface area contributed by atoms with Crippen LogP contribution in [0.15, 0.2) is 30.3 Å². The van der Waals surface area contributed by atoms with Crippen molar-refractivity contribution in [2.24, 2.45) is 0 Å². The van der Waals surface area contributed by atoms with E-state index in [1.807, 2.05) is 13.8 Å². The molecule has 34 heavy (non-hydrogen) atoms. The first-order valence-corrected chi connectivity index (χ1v) is 12.3. The van der Waals surface area contributed by atoms with Crippen LogP contribution < -0.4 is 4.31 Å². The average molecular weight is 494 g/mol. The van der Waals surface area contributed by atoms with Crippen LogP contribution in [0.25, 0.3) is 17.3 Å². The Kier molecular flexibility index (Phi) is 9.00. The van der Waals surface area contributed by atoms with Gasteiger partial charge in [0.05, 0.1) is 37.3 Å². The van der Waals surface area contributed by atoms with Gasteiger partial charge in [-0.1, -0.05) is 13.8 Å². The highest BCUT2D eigenvalue weighted by Gasteiger charge is 2.22. The summed E-state index contributed by atoms with van der Waals surface area (Å²) in [7, 11) is -1.15. The first-order chi connectivity index (χ1) is 15.8. The van der Waals surface area contributed by atoms with Gasteiger partial charge in [-0.05, 0) is 42.3 Å². The van der Waals surface area contributed by atoms with Crippen LogP contribution in [0, 0.1) is 5.82 Å². The topological polar surface area (TPSA) is 127 Å². The number of sulfonamides is 1. The SMILES string of the molecule is COC(=O)CC(O)CC(=O)/C=C/c1c(-c2ccc(F)cc2)nc(N(C)S(C)(=O)=O)nc1C(C)C. The maximum atomic E-state index is 13.5. The third-order valence-corrected chi connectivity index (χ3v) is 6.07. The zero-order valence-corrected chi connectivity index (χ0v) is 20.5. The predicted molar refractivity (Wildman–Crippen MR) is 126 cm³/mol. The van der Waals surface area contributed by atoms with Gasteiger partial charge in [0, 0.05) is 24.6 Å². The van der Waals surface area contributed by atoms with Crippen LogP contribution in [0.3, 0.4) is 0 Å². The molecule has 2 rings (SSSR count). The molecule has 0 saturated carbocycles. The summed E-state index contributed by atoms with van der Waals surface area (Å²) in [6.07, 6.45) is 1.92. The second-order valence-corrected chi connectivity index (χ2v) is 10.0. The van der Waals surface area contributed by atoms with Crippen LogP contribution in [0.4, 0.5) is 10.3 Å². The van der Waals surface area contributed by atoms with Crippen molar-refractivity contribution in [3.63, 3.8) is 0 Å². The molecule has 0 saturated heterocycles. The highest BCUT2D eigenvalue weighted by molar-refractivity contribution is 7.92. The summed E-state index contributed by atoms with van der Waals surface area (Å²) >= 11 is 0. The van der Waals surface area contributed by atoms with Crippen molar-refractivity contribution < 1.29 is 32.2 Å². The molecule has 2 aromatic rings. The average Bonchev–Trinajstić information content (AvgIpc) is 2.76. The molecule has 0 aliphatic carbocycles. The van der Waals surface area contributed by atoms with E-state index in [0.29, 0.717) is 22.5 Å². The van der Waals surface area contributed by atoms with Crippen molar-refractivity contribution in [3.05, 3.63) is 47.4 Å². The lowest BCUT2D eigenvalue weighted by molar-refractivity contribution is -0.143. The quantitative estimate of drug-likeness (QED) is 0.395. The van der Waals surface area contributed by atoms with Gasteiger partial charge in [-0.25, -0.2) is 27.1 Å². The molecular weight excluding hydrogens is 465 g/mol. The summed E-state index contributed by atoms with van der Waals surface area (Å²) in [6, 6.07) is 5.47. The smallest absolute Gasteiger partial charge is 0.308 e. The van der Waals surface area contributed by atoms with E-state index in [2.05, 4.69) is 14.7 Å². The normalized spacial score (nSPS) is 12.7. The van der Waals surface area contributed by atoms with Gasteiger partial charge in [-0.3, -0.25) is 9.59 Å². The molecule has 0 aliphatic rings. The molecule has 0 bridgehead atoms. The summed E-state index contributed by atoms with van der Waals surface area (Å²) in [5, 5.41) is 9.92. The maximum absolute atomic E-state index is 13.5. The van der Waals surface area contributed by atoms with E-state index in [1.165, 1.54) is 50.6 Å². The minimum atomic E-state index is -3.66. The second kappa shape index (κ2) is 11.3. The van der Waals surface area contributed by atoms with Crippen molar-refractivity contribution in [3.8, 4) is 11.3 Å². The van der Waals surface area contributed by atoms with E-state index in [-0.39, 0.29) is 24.7 Å². The molecule has 0 aliphatic heterocycles. The number of ether oxygens (including phenoxy) is 1. The van der Waals surface area contributed by atoms with E-state index < -0.39 is 33.7 Å². The third-order valence-electron chi connectivity index (χ3n) is 4.91. The van der Waals surface area contributed by atoms with Crippen LogP contribution in [0.1, 0.15) is 43.9 Å². The number of aliphatic hydroxyl groups is 1. The fourth-order valence-electron chi connectivity index (χ4n) is 3.02. The Morgan fingerprint density at radius 3 is 2.32 bits per heavy atom. The van der Waals surface area contributed by atoms with Crippen LogP contribution >= 0.6 is 0 Å². The number of aliphatic hydroxyl groups excluding tert-OH is 1. The van der Waals surface area contributed by atoms with E-state index >= 15 is 0 Å². The van der Waals surface area contributed by atoms with E-state index in [4.69, 9.17) is 0 Å². The lowest BCUT2D eigenvalue weighted by Gasteiger charge is -2.20. The molecule has 1 atom stereocenters. The van der Waals surface area contributed by atoms with Crippen molar-refractivity contribution in [1.82, 2.24) is 9.97 Å². The number of hydrogen-bond donors (Lipinski definition) is 1. The molecule has 1 unspecified atom stereocenters. The minimum Gasteiger partial charge on any atom is -0.469 e. The fraction of sp³-hybridized carbons (Fsp3) is 0.391. The highest BCUT2D eigenvalue weighted by Crippen LogP contribution is 2.31. The summed E-state index contributed by atoms with van der Waals surface area (Å²) < 4.78 is 43.1. The number of anilines is 1. The van der Waals surface area contributed by atoms with Crippen LogP contribution in [-0.4, -0.2) is 61.8 Å². The first-order valence-electron chi connectivity index (χ1n) is 10.4. The Bertz CT molecular complexity index is 1180. The zero-order chi connectivity index (χ0) is 25.6. The number of carbonyl (C=O) groups excluding carboxylic acids is 2. The van der Waals surface area contributed by atoms with Crippen molar-refractivity contribution >= 4 is 33.8 Å². The summed E-state index contributed by atoms with van der Waals surface area (Å²) in [5.74, 6) is -1.80. The zero-order valence-electron chi connectivity index (χ0n) is 19.6. The number of rotatable bonds is 10. The molecule has 11 heteroatoms. The van der Waals surface area contributed by atoms with Gasteiger partial charge in [0.1, 0.15) is 5.82 Å². The Morgan fingerprint density at radius 2 is 1.79 bits per heavy atom. The molecule has 0 radical (unpaired) electrons. The molecule has 1 aromatic heterocycles. The van der Waals surface area contributed by atoms with Crippen molar-refractivity contribution in [2.45, 2.75) is 38.7 Å². The van der Waals surface area contributed by atoms with Gasteiger partial charge in [-0.2, -0.15) is 0 Å². The number of hydrogen-bond acceptors (Lipinski definition) is 8. The summed E-state index contributed by atoms with van der Waals surface area (Å²) in [5.41, 5.74) is 1.72. The molecule has 1 N–H and O–H groups in total. The Hall–Kier alpha value is -3.18. The molecule has 1 aromatic carbocycles. The van der Waals surface area contributed by atoms with Gasteiger partial charge in [0.2, 0.25) is 16.0 Å². The first kappa shape index (κ1) is 27.1. The fourth-order valence-corrected chi connectivity index (χ4v) is 3.40. The molecule has 184 valence electrons. The number of esters is 1. The van der Waals surface area contributed by atoms with Gasteiger partial charge < -0.3 is 9.84 Å². The molecule has 0 amide bonds. The van der Waals surface area contributed by atoms with Crippen molar-refractivity contribution in [1.29, 1.82) is 0 Å². The molecule has 1 heterocycles. The third kappa shape index (κ3) is 7.16. The Balaban J connectivity index is 2.58. The lowest BCUT2D eigenvalue weighted by Crippen LogP contribution is -2.27. The molecular formula is C23H28FN3O6S. The lowest BCUT2D eigenvalue weighted by atomic mass is 9.97. The number of aromatic nitrogens is 2. The van der Waals surface area contributed by atoms with E-state index in [1.54, 1.807) is 0 Å². The largest absolute Gasteiger partial charge is 0.469 e. The number of ketones is 1.